The van der Waals surface area contributed by atoms with Crippen LogP contribution in [-0.4, -0.2) is 19.3 Å². The van der Waals surface area contributed by atoms with Gasteiger partial charge in [0, 0.05) is 12.0 Å². The van der Waals surface area contributed by atoms with Crippen LogP contribution in [0.25, 0.3) is 0 Å². The molecule has 2 aromatic rings. The van der Waals surface area contributed by atoms with E-state index in [-0.39, 0.29) is 0 Å². The predicted molar refractivity (Wildman–Crippen MR) is 79.7 cm³/mol. The molecule has 2 aromatic carbocycles. The summed E-state index contributed by atoms with van der Waals surface area (Å²) in [7, 11) is 3.17. The molecule has 4 heteroatoms. The third-order valence-electron chi connectivity index (χ3n) is 3.17. The Morgan fingerprint density at radius 3 is 2.35 bits per heavy atom. The molecular weight excluding hydrogens is 276 g/mol. The zero-order chi connectivity index (χ0) is 14.5. The van der Waals surface area contributed by atoms with Gasteiger partial charge in [-0.3, -0.25) is 0 Å². The molecule has 1 N–H and O–H groups in total. The smallest absolute Gasteiger partial charge is 0.126 e. The van der Waals surface area contributed by atoms with Gasteiger partial charge in [0.25, 0.3) is 0 Å². The van der Waals surface area contributed by atoms with Crippen LogP contribution in [0, 0.1) is 0 Å². The lowest BCUT2D eigenvalue weighted by Gasteiger charge is -2.17. The van der Waals surface area contributed by atoms with Crippen LogP contribution in [-0.2, 0) is 6.42 Å². The second-order valence-electron chi connectivity index (χ2n) is 4.39. The van der Waals surface area contributed by atoms with Crippen LogP contribution in [0.15, 0.2) is 42.5 Å². The maximum atomic E-state index is 10.5. The maximum absolute atomic E-state index is 10.5. The van der Waals surface area contributed by atoms with Crippen molar-refractivity contribution in [3.63, 3.8) is 0 Å². The van der Waals surface area contributed by atoms with Crippen molar-refractivity contribution in [1.82, 2.24) is 0 Å². The average Bonchev–Trinajstić information content (AvgIpc) is 2.47. The van der Waals surface area contributed by atoms with Gasteiger partial charge in [-0.05, 0) is 23.8 Å². The van der Waals surface area contributed by atoms with E-state index in [2.05, 4.69) is 0 Å². The Kier molecular flexibility index (Phi) is 4.88. The fourth-order valence-electron chi connectivity index (χ4n) is 2.20. The highest BCUT2D eigenvalue weighted by atomic mass is 35.5. The van der Waals surface area contributed by atoms with Gasteiger partial charge in [-0.2, -0.15) is 0 Å². The molecule has 0 aliphatic rings. The van der Waals surface area contributed by atoms with Gasteiger partial charge in [0.1, 0.15) is 11.5 Å². The molecule has 1 unspecified atom stereocenters. The van der Waals surface area contributed by atoms with Crippen LogP contribution >= 0.6 is 11.6 Å². The minimum Gasteiger partial charge on any atom is -0.496 e. The molecule has 3 nitrogen and oxygen atoms in total. The number of hydrogen-bond acceptors (Lipinski definition) is 3. The van der Waals surface area contributed by atoms with E-state index in [0.717, 1.165) is 11.3 Å². The van der Waals surface area contributed by atoms with Gasteiger partial charge >= 0.3 is 0 Å². The second-order valence-corrected chi connectivity index (χ2v) is 4.79. The van der Waals surface area contributed by atoms with E-state index in [1.165, 1.54) is 0 Å². The molecule has 0 aliphatic carbocycles. The maximum Gasteiger partial charge on any atom is 0.126 e. The van der Waals surface area contributed by atoms with E-state index in [9.17, 15) is 5.11 Å². The first-order valence-electron chi connectivity index (χ1n) is 6.29. The van der Waals surface area contributed by atoms with Gasteiger partial charge in [0.2, 0.25) is 0 Å². The molecule has 0 radical (unpaired) electrons. The topological polar surface area (TPSA) is 38.7 Å². The number of methoxy groups -OCH3 is 2. The van der Waals surface area contributed by atoms with Crippen molar-refractivity contribution >= 4 is 11.6 Å². The van der Waals surface area contributed by atoms with E-state index in [4.69, 9.17) is 21.1 Å². The summed E-state index contributed by atoms with van der Waals surface area (Å²) in [6, 6.07) is 12.9. The molecule has 2 rings (SSSR count). The summed E-state index contributed by atoms with van der Waals surface area (Å²) in [6.07, 6.45) is -0.348. The van der Waals surface area contributed by atoms with Gasteiger partial charge in [-0.15, -0.1) is 0 Å². The van der Waals surface area contributed by atoms with Crippen LogP contribution in [0.4, 0.5) is 0 Å². The van der Waals surface area contributed by atoms with E-state index < -0.39 is 6.10 Å². The number of halogens is 1. The van der Waals surface area contributed by atoms with Crippen molar-refractivity contribution in [3.05, 3.63) is 58.6 Å². The van der Waals surface area contributed by atoms with E-state index in [1.807, 2.05) is 24.3 Å². The lowest BCUT2D eigenvalue weighted by molar-refractivity contribution is 0.173. The van der Waals surface area contributed by atoms with Crippen molar-refractivity contribution in [2.45, 2.75) is 12.5 Å². The molecule has 20 heavy (non-hydrogen) atoms. The summed E-state index contributed by atoms with van der Waals surface area (Å²) >= 11 is 6.17. The highest BCUT2D eigenvalue weighted by Gasteiger charge is 2.18. The van der Waals surface area contributed by atoms with Crippen LogP contribution < -0.4 is 9.47 Å². The summed E-state index contributed by atoms with van der Waals surface area (Å²) < 4.78 is 10.6. The number of rotatable bonds is 5. The molecule has 0 saturated carbocycles. The Morgan fingerprint density at radius 2 is 1.65 bits per heavy atom. The first-order chi connectivity index (χ1) is 9.67. The highest BCUT2D eigenvalue weighted by Crippen LogP contribution is 2.35. The SMILES string of the molecule is COc1ccccc1CC(O)c1c(Cl)cccc1OC. The molecule has 0 spiro atoms. The molecule has 1 atom stereocenters. The van der Waals surface area contributed by atoms with Gasteiger partial charge in [0.05, 0.1) is 25.3 Å². The quantitative estimate of drug-likeness (QED) is 0.914. The summed E-state index contributed by atoms with van der Waals surface area (Å²) in [6.45, 7) is 0. The number of para-hydroxylation sites is 1. The average molecular weight is 293 g/mol. The Balaban J connectivity index is 2.31. The number of hydrogen-bond donors (Lipinski definition) is 1. The fraction of sp³-hybridized carbons (Fsp3) is 0.250. The third-order valence-corrected chi connectivity index (χ3v) is 3.50. The Labute approximate surface area is 123 Å². The molecule has 0 fully saturated rings. The standard InChI is InChI=1S/C16H17ClO3/c1-19-14-8-4-3-6-11(14)10-13(18)16-12(17)7-5-9-15(16)20-2/h3-9,13,18H,10H2,1-2H3. The zero-order valence-electron chi connectivity index (χ0n) is 11.5. The fourth-order valence-corrected chi connectivity index (χ4v) is 2.49. The molecule has 0 heterocycles. The molecule has 0 aliphatic heterocycles. The lowest BCUT2D eigenvalue weighted by Crippen LogP contribution is -2.06. The highest BCUT2D eigenvalue weighted by molar-refractivity contribution is 6.31. The monoisotopic (exact) mass is 292 g/mol. The molecule has 106 valence electrons. The second kappa shape index (κ2) is 6.64. The normalized spacial score (nSPS) is 12.0. The predicted octanol–water partition coefficient (Wildman–Crippen LogP) is 3.63. The third kappa shape index (κ3) is 3.06. The summed E-state index contributed by atoms with van der Waals surface area (Å²) in [5.41, 5.74) is 1.52. The van der Waals surface area contributed by atoms with Crippen molar-refractivity contribution < 1.29 is 14.6 Å². The summed E-state index contributed by atoms with van der Waals surface area (Å²) in [4.78, 5) is 0. The Morgan fingerprint density at radius 1 is 1.00 bits per heavy atom. The van der Waals surface area contributed by atoms with Crippen molar-refractivity contribution in [1.29, 1.82) is 0 Å². The van der Waals surface area contributed by atoms with Crippen LogP contribution in [0.2, 0.25) is 5.02 Å². The number of ether oxygens (including phenoxy) is 2. The first-order valence-corrected chi connectivity index (χ1v) is 6.67. The molecule has 0 saturated heterocycles. The molecular formula is C16H17ClO3. The minimum absolute atomic E-state index is 0.407. The van der Waals surface area contributed by atoms with Crippen LogP contribution in [0.1, 0.15) is 17.2 Å². The molecule has 0 aromatic heterocycles. The van der Waals surface area contributed by atoms with Crippen LogP contribution in [0.3, 0.4) is 0 Å². The molecule has 0 amide bonds. The summed E-state index contributed by atoms with van der Waals surface area (Å²) in [5.74, 6) is 1.33. The number of aliphatic hydroxyl groups excluding tert-OH is 1. The molecule has 0 bridgehead atoms. The van der Waals surface area contributed by atoms with Gasteiger partial charge in [-0.1, -0.05) is 35.9 Å². The van der Waals surface area contributed by atoms with Gasteiger partial charge in [0.15, 0.2) is 0 Å². The van der Waals surface area contributed by atoms with Crippen LogP contribution in [0.5, 0.6) is 11.5 Å². The van der Waals surface area contributed by atoms with E-state index in [1.54, 1.807) is 32.4 Å². The Hall–Kier alpha value is -1.71. The lowest BCUT2D eigenvalue weighted by atomic mass is 10.00. The number of aliphatic hydroxyl groups is 1. The van der Waals surface area contributed by atoms with Gasteiger partial charge < -0.3 is 14.6 Å². The largest absolute Gasteiger partial charge is 0.496 e. The van der Waals surface area contributed by atoms with E-state index in [0.29, 0.717) is 22.8 Å². The van der Waals surface area contributed by atoms with Crippen molar-refractivity contribution in [3.8, 4) is 11.5 Å². The number of benzene rings is 2. The Bertz CT molecular complexity index is 584. The van der Waals surface area contributed by atoms with Gasteiger partial charge in [-0.25, -0.2) is 0 Å². The summed E-state index contributed by atoms with van der Waals surface area (Å²) in [5, 5.41) is 11.0. The van der Waals surface area contributed by atoms with Crippen molar-refractivity contribution in [2.75, 3.05) is 14.2 Å². The zero-order valence-corrected chi connectivity index (χ0v) is 12.2. The van der Waals surface area contributed by atoms with E-state index >= 15 is 0 Å². The van der Waals surface area contributed by atoms with Crippen molar-refractivity contribution in [2.24, 2.45) is 0 Å². The minimum atomic E-state index is -0.755. The first kappa shape index (κ1) is 14.7.